The zero-order valence-electron chi connectivity index (χ0n) is 13.5. The third-order valence-corrected chi connectivity index (χ3v) is 4.82. The number of ether oxygens (including phenoxy) is 1. The molecule has 0 bridgehead atoms. The molecular weight excluding hydrogens is 342 g/mol. The summed E-state index contributed by atoms with van der Waals surface area (Å²) in [6.45, 7) is 5.43. The van der Waals surface area contributed by atoms with Gasteiger partial charge in [-0.25, -0.2) is 0 Å². The van der Waals surface area contributed by atoms with Gasteiger partial charge in [-0.2, -0.15) is 0 Å². The first-order valence-electron chi connectivity index (χ1n) is 8.20. The Labute approximate surface area is 141 Å². The van der Waals surface area contributed by atoms with Crippen molar-refractivity contribution in [2.45, 2.75) is 57.5 Å². The number of halogens is 1. The molecule has 1 saturated carbocycles. The van der Waals surface area contributed by atoms with E-state index in [9.17, 15) is 4.79 Å². The first-order valence-corrected chi connectivity index (χ1v) is 9.00. The summed E-state index contributed by atoms with van der Waals surface area (Å²) in [5, 5.41) is 3.12. The van der Waals surface area contributed by atoms with Crippen LogP contribution in [0.2, 0.25) is 0 Å². The third-order valence-electron chi connectivity index (χ3n) is 4.33. The summed E-state index contributed by atoms with van der Waals surface area (Å²) >= 11 is 3.52. The highest BCUT2D eigenvalue weighted by molar-refractivity contribution is 9.10. The molecule has 122 valence electrons. The number of carbonyl (C=O) groups is 1. The lowest BCUT2D eigenvalue weighted by molar-refractivity contribution is -0.126. The first kappa shape index (κ1) is 17.5. The number of hydrogen-bond acceptors (Lipinski definition) is 2. The van der Waals surface area contributed by atoms with Gasteiger partial charge in [0.25, 0.3) is 0 Å². The maximum Gasteiger partial charge on any atom is 0.230 e. The Morgan fingerprint density at radius 1 is 1.36 bits per heavy atom. The Morgan fingerprint density at radius 2 is 2.09 bits per heavy atom. The van der Waals surface area contributed by atoms with Crippen LogP contribution in [0.25, 0.3) is 0 Å². The van der Waals surface area contributed by atoms with E-state index in [1.54, 1.807) is 0 Å². The van der Waals surface area contributed by atoms with Crippen LogP contribution < -0.4 is 5.32 Å². The summed E-state index contributed by atoms with van der Waals surface area (Å²) in [6, 6.07) is 8.20. The quantitative estimate of drug-likeness (QED) is 0.733. The van der Waals surface area contributed by atoms with E-state index in [1.807, 2.05) is 26.0 Å². The van der Waals surface area contributed by atoms with E-state index in [0.717, 1.165) is 42.1 Å². The van der Waals surface area contributed by atoms with Crippen molar-refractivity contribution in [1.29, 1.82) is 0 Å². The summed E-state index contributed by atoms with van der Waals surface area (Å²) in [7, 11) is 0. The fourth-order valence-corrected chi connectivity index (χ4v) is 3.57. The van der Waals surface area contributed by atoms with Crippen LogP contribution in [0.5, 0.6) is 0 Å². The van der Waals surface area contributed by atoms with Gasteiger partial charge in [0.2, 0.25) is 5.91 Å². The third kappa shape index (κ3) is 4.32. The summed E-state index contributed by atoms with van der Waals surface area (Å²) in [4.78, 5) is 12.8. The standard InChI is InChI=1S/C18H26BrNO2/c1-14(2)22-12-6-11-20-17(21)18(9-3-4-10-18)15-7-5-8-16(19)13-15/h5,7-8,13-14H,3-4,6,9-12H2,1-2H3,(H,20,21). The second-order valence-electron chi connectivity index (χ2n) is 6.33. The lowest BCUT2D eigenvalue weighted by Crippen LogP contribution is -2.43. The van der Waals surface area contributed by atoms with Gasteiger partial charge in [0.05, 0.1) is 11.5 Å². The van der Waals surface area contributed by atoms with Crippen LogP contribution in [0.15, 0.2) is 28.7 Å². The number of benzene rings is 1. The number of hydrogen-bond donors (Lipinski definition) is 1. The molecule has 1 aliphatic carbocycles. The first-order chi connectivity index (χ1) is 10.5. The Balaban J connectivity index is 1.97. The molecule has 1 amide bonds. The summed E-state index contributed by atoms with van der Waals surface area (Å²) in [6.07, 6.45) is 5.24. The predicted octanol–water partition coefficient (Wildman–Crippen LogP) is 4.19. The number of nitrogens with one attached hydrogen (secondary N) is 1. The van der Waals surface area contributed by atoms with Crippen LogP contribution >= 0.6 is 15.9 Å². The molecule has 3 nitrogen and oxygen atoms in total. The van der Waals surface area contributed by atoms with Crippen LogP contribution in [-0.4, -0.2) is 25.2 Å². The van der Waals surface area contributed by atoms with Gasteiger partial charge in [-0.1, -0.05) is 40.9 Å². The molecular formula is C18H26BrNO2. The van der Waals surface area contributed by atoms with E-state index in [2.05, 4.69) is 33.4 Å². The Bertz CT molecular complexity index is 496. The van der Waals surface area contributed by atoms with Crippen molar-refractivity contribution >= 4 is 21.8 Å². The monoisotopic (exact) mass is 367 g/mol. The zero-order valence-corrected chi connectivity index (χ0v) is 15.1. The highest BCUT2D eigenvalue weighted by Gasteiger charge is 2.42. The predicted molar refractivity (Wildman–Crippen MR) is 93.0 cm³/mol. The van der Waals surface area contributed by atoms with E-state index < -0.39 is 0 Å². The van der Waals surface area contributed by atoms with Gasteiger partial charge < -0.3 is 10.1 Å². The van der Waals surface area contributed by atoms with Crippen LogP contribution in [-0.2, 0) is 14.9 Å². The smallest absolute Gasteiger partial charge is 0.230 e. The van der Waals surface area contributed by atoms with E-state index in [0.29, 0.717) is 13.2 Å². The highest BCUT2D eigenvalue weighted by atomic mass is 79.9. The molecule has 2 rings (SSSR count). The van der Waals surface area contributed by atoms with Gasteiger partial charge in [-0.15, -0.1) is 0 Å². The lowest BCUT2D eigenvalue weighted by atomic mass is 9.78. The molecule has 1 aromatic carbocycles. The van der Waals surface area contributed by atoms with E-state index in [4.69, 9.17) is 4.74 Å². The molecule has 1 aromatic rings. The molecule has 22 heavy (non-hydrogen) atoms. The SMILES string of the molecule is CC(C)OCCCNC(=O)C1(c2cccc(Br)c2)CCCC1. The van der Waals surface area contributed by atoms with Crippen molar-refractivity contribution in [2.24, 2.45) is 0 Å². The van der Waals surface area contributed by atoms with Gasteiger partial charge in [-0.3, -0.25) is 4.79 Å². The molecule has 0 unspecified atom stereocenters. The van der Waals surface area contributed by atoms with Crippen LogP contribution in [0.4, 0.5) is 0 Å². The fourth-order valence-electron chi connectivity index (χ4n) is 3.17. The average Bonchev–Trinajstić information content (AvgIpc) is 2.97. The van der Waals surface area contributed by atoms with E-state index >= 15 is 0 Å². The second-order valence-corrected chi connectivity index (χ2v) is 7.24. The van der Waals surface area contributed by atoms with E-state index in [1.165, 1.54) is 0 Å². The molecule has 0 saturated heterocycles. The van der Waals surface area contributed by atoms with Crippen molar-refractivity contribution in [1.82, 2.24) is 5.32 Å². The van der Waals surface area contributed by atoms with Crippen molar-refractivity contribution in [3.63, 3.8) is 0 Å². The molecule has 1 fully saturated rings. The van der Waals surface area contributed by atoms with Crippen molar-refractivity contribution in [2.75, 3.05) is 13.2 Å². The minimum atomic E-state index is -0.345. The van der Waals surface area contributed by atoms with Gasteiger partial charge in [0, 0.05) is 17.6 Å². The Kier molecular flexibility index (Phi) is 6.45. The van der Waals surface area contributed by atoms with Gasteiger partial charge in [0.15, 0.2) is 0 Å². The minimum Gasteiger partial charge on any atom is -0.379 e. The molecule has 1 aliphatic rings. The highest BCUT2D eigenvalue weighted by Crippen LogP contribution is 2.42. The van der Waals surface area contributed by atoms with Crippen LogP contribution in [0.1, 0.15) is 51.5 Å². The summed E-state index contributed by atoms with van der Waals surface area (Å²) in [5.74, 6) is 0.174. The normalized spacial score (nSPS) is 16.9. The Morgan fingerprint density at radius 3 is 2.73 bits per heavy atom. The number of rotatable bonds is 7. The molecule has 0 spiro atoms. The summed E-state index contributed by atoms with van der Waals surface area (Å²) < 4.78 is 6.55. The molecule has 0 radical (unpaired) electrons. The van der Waals surface area contributed by atoms with Crippen molar-refractivity contribution in [3.05, 3.63) is 34.3 Å². The van der Waals surface area contributed by atoms with Gasteiger partial charge in [0.1, 0.15) is 0 Å². The number of carbonyl (C=O) groups excluding carboxylic acids is 1. The summed E-state index contributed by atoms with van der Waals surface area (Å²) in [5.41, 5.74) is 0.790. The zero-order chi connectivity index (χ0) is 16.0. The van der Waals surface area contributed by atoms with Crippen molar-refractivity contribution < 1.29 is 9.53 Å². The van der Waals surface area contributed by atoms with Gasteiger partial charge >= 0.3 is 0 Å². The second kappa shape index (κ2) is 8.11. The Hall–Kier alpha value is -0.870. The van der Waals surface area contributed by atoms with E-state index in [-0.39, 0.29) is 17.4 Å². The molecule has 0 aromatic heterocycles. The maximum absolute atomic E-state index is 12.8. The fraction of sp³-hybridized carbons (Fsp3) is 0.611. The average molecular weight is 368 g/mol. The maximum atomic E-state index is 12.8. The molecule has 0 atom stereocenters. The molecule has 0 heterocycles. The van der Waals surface area contributed by atoms with Crippen LogP contribution in [0, 0.1) is 0 Å². The molecule has 1 N–H and O–H groups in total. The van der Waals surface area contributed by atoms with Crippen molar-refractivity contribution in [3.8, 4) is 0 Å². The van der Waals surface area contributed by atoms with Crippen LogP contribution in [0.3, 0.4) is 0 Å². The topological polar surface area (TPSA) is 38.3 Å². The largest absolute Gasteiger partial charge is 0.379 e. The molecule has 0 aliphatic heterocycles. The van der Waals surface area contributed by atoms with Gasteiger partial charge in [-0.05, 0) is 50.8 Å². The number of amides is 1. The lowest BCUT2D eigenvalue weighted by Gasteiger charge is -2.28. The minimum absolute atomic E-state index is 0.174. The molecule has 4 heteroatoms.